The predicted molar refractivity (Wildman–Crippen MR) is 54.3 cm³/mol. The van der Waals surface area contributed by atoms with Crippen molar-refractivity contribution in [3.63, 3.8) is 0 Å². The largest absolute Gasteiger partial charge is 0.313 e. The zero-order chi connectivity index (χ0) is 8.81. The van der Waals surface area contributed by atoms with Gasteiger partial charge in [-0.25, -0.2) is 4.98 Å². The van der Waals surface area contributed by atoms with Gasteiger partial charge in [-0.1, -0.05) is 12.5 Å². The minimum atomic E-state index is 0.952. The summed E-state index contributed by atoms with van der Waals surface area (Å²) in [7, 11) is 0. The van der Waals surface area contributed by atoms with E-state index in [9.17, 15) is 0 Å². The van der Waals surface area contributed by atoms with E-state index < -0.39 is 0 Å². The van der Waals surface area contributed by atoms with Crippen LogP contribution in [-0.4, -0.2) is 18.1 Å². The zero-order valence-electron chi connectivity index (χ0n) is 7.50. The van der Waals surface area contributed by atoms with Crippen LogP contribution in [0.5, 0.6) is 0 Å². The first-order valence-corrected chi connectivity index (χ1v) is 5.03. The highest BCUT2D eigenvalue weighted by Crippen LogP contribution is 2.05. The second-order valence-corrected chi connectivity index (χ2v) is 3.40. The quantitative estimate of drug-likeness (QED) is 0.772. The number of nitrogens with zero attached hydrogens (tertiary/aromatic N) is 1. The summed E-state index contributed by atoms with van der Waals surface area (Å²) < 4.78 is 0. The molecule has 0 fully saturated rings. The summed E-state index contributed by atoms with van der Waals surface area (Å²) >= 11 is 1.63. The molecule has 0 atom stereocenters. The van der Waals surface area contributed by atoms with E-state index in [1.54, 1.807) is 11.3 Å². The summed E-state index contributed by atoms with van der Waals surface area (Å²) in [6.45, 7) is 6.19. The lowest BCUT2D eigenvalue weighted by molar-refractivity contribution is 0.778. The van der Waals surface area contributed by atoms with Gasteiger partial charge < -0.3 is 5.32 Å². The zero-order valence-corrected chi connectivity index (χ0v) is 8.32. The van der Waals surface area contributed by atoms with Gasteiger partial charge in [-0.3, -0.25) is 0 Å². The van der Waals surface area contributed by atoms with Crippen molar-refractivity contribution in [1.29, 1.82) is 0 Å². The number of rotatable bonds is 4. The molecule has 0 bridgehead atoms. The number of hydrogen-bond donors (Lipinski definition) is 1. The van der Waals surface area contributed by atoms with Crippen molar-refractivity contribution < 1.29 is 0 Å². The van der Waals surface area contributed by atoms with Crippen LogP contribution in [0.15, 0.2) is 16.5 Å². The Bertz CT molecular complexity index is 239. The van der Waals surface area contributed by atoms with Crippen LogP contribution in [0.2, 0.25) is 0 Å². The molecule has 1 heterocycles. The number of likely N-dealkylation sites (N-methyl/N-ethyl adjacent to an activating group) is 1. The average molecular weight is 182 g/mol. The fourth-order valence-corrected chi connectivity index (χ4v) is 1.43. The lowest BCUT2D eigenvalue weighted by Crippen LogP contribution is -2.14. The van der Waals surface area contributed by atoms with Gasteiger partial charge in [0.25, 0.3) is 0 Å². The van der Waals surface area contributed by atoms with Gasteiger partial charge in [0.2, 0.25) is 0 Å². The third-order valence-electron chi connectivity index (χ3n) is 1.50. The first-order chi connectivity index (χ1) is 5.83. The SMILES string of the molecule is CCNCC(C)=Cc1cscn1. The second-order valence-electron chi connectivity index (χ2n) is 2.68. The summed E-state index contributed by atoms with van der Waals surface area (Å²) in [5.41, 5.74) is 4.24. The molecule has 0 aromatic carbocycles. The van der Waals surface area contributed by atoms with Crippen LogP contribution in [0.1, 0.15) is 19.5 Å². The standard InChI is InChI=1S/C9H14N2S/c1-3-10-5-8(2)4-9-6-12-7-11-9/h4,6-7,10H,3,5H2,1-2H3. The molecule has 1 rings (SSSR count). The minimum absolute atomic E-state index is 0.952. The Morgan fingerprint density at radius 3 is 3.17 bits per heavy atom. The maximum Gasteiger partial charge on any atom is 0.0798 e. The molecule has 0 aliphatic rings. The van der Waals surface area contributed by atoms with Gasteiger partial charge in [-0.05, 0) is 19.5 Å². The van der Waals surface area contributed by atoms with Gasteiger partial charge in [0, 0.05) is 11.9 Å². The molecule has 1 aromatic rings. The van der Waals surface area contributed by atoms with Crippen LogP contribution in [0.4, 0.5) is 0 Å². The highest BCUT2D eigenvalue weighted by Gasteiger charge is 1.91. The summed E-state index contributed by atoms with van der Waals surface area (Å²) in [6, 6.07) is 0. The van der Waals surface area contributed by atoms with Crippen molar-refractivity contribution in [2.45, 2.75) is 13.8 Å². The van der Waals surface area contributed by atoms with Crippen molar-refractivity contribution in [3.05, 3.63) is 22.2 Å². The van der Waals surface area contributed by atoms with Crippen LogP contribution < -0.4 is 5.32 Å². The van der Waals surface area contributed by atoms with E-state index in [1.165, 1.54) is 5.57 Å². The molecule has 2 nitrogen and oxygen atoms in total. The van der Waals surface area contributed by atoms with Crippen LogP contribution in [-0.2, 0) is 0 Å². The highest BCUT2D eigenvalue weighted by molar-refractivity contribution is 7.07. The third kappa shape index (κ3) is 3.15. The molecule has 3 heteroatoms. The van der Waals surface area contributed by atoms with Crippen LogP contribution in [0.25, 0.3) is 6.08 Å². The lowest BCUT2D eigenvalue weighted by atomic mass is 10.2. The smallest absolute Gasteiger partial charge is 0.0798 e. The summed E-state index contributed by atoms with van der Waals surface area (Å²) in [4.78, 5) is 4.18. The van der Waals surface area contributed by atoms with E-state index in [-0.39, 0.29) is 0 Å². The molecule has 0 saturated carbocycles. The Balaban J connectivity index is 2.46. The summed E-state index contributed by atoms with van der Waals surface area (Å²) in [5.74, 6) is 0. The second kappa shape index (κ2) is 5.06. The Morgan fingerprint density at radius 1 is 1.75 bits per heavy atom. The lowest BCUT2D eigenvalue weighted by Gasteiger charge is -1.99. The topological polar surface area (TPSA) is 24.9 Å². The fraction of sp³-hybridized carbons (Fsp3) is 0.444. The third-order valence-corrected chi connectivity index (χ3v) is 2.10. The number of thiazole rings is 1. The number of hydrogen-bond acceptors (Lipinski definition) is 3. The Morgan fingerprint density at radius 2 is 2.58 bits per heavy atom. The molecule has 0 spiro atoms. The van der Waals surface area contributed by atoms with Gasteiger partial charge >= 0.3 is 0 Å². The van der Waals surface area contributed by atoms with Gasteiger partial charge in [0.05, 0.1) is 11.2 Å². The first kappa shape index (κ1) is 9.42. The van der Waals surface area contributed by atoms with Crippen molar-refractivity contribution >= 4 is 17.4 Å². The van der Waals surface area contributed by atoms with E-state index >= 15 is 0 Å². The highest BCUT2D eigenvalue weighted by atomic mass is 32.1. The van der Waals surface area contributed by atoms with Crippen LogP contribution >= 0.6 is 11.3 Å². The Labute approximate surface area is 77.3 Å². The summed E-state index contributed by atoms with van der Waals surface area (Å²) in [5, 5.41) is 5.32. The van der Waals surface area contributed by atoms with E-state index in [2.05, 4.69) is 35.6 Å². The van der Waals surface area contributed by atoms with Crippen LogP contribution in [0.3, 0.4) is 0 Å². The molecular weight excluding hydrogens is 168 g/mol. The van der Waals surface area contributed by atoms with Gasteiger partial charge in [0.15, 0.2) is 0 Å². The predicted octanol–water partition coefficient (Wildman–Crippen LogP) is 2.16. The van der Waals surface area contributed by atoms with Crippen molar-refractivity contribution in [1.82, 2.24) is 10.3 Å². The monoisotopic (exact) mass is 182 g/mol. The number of aromatic nitrogens is 1. The molecule has 12 heavy (non-hydrogen) atoms. The van der Waals surface area contributed by atoms with Crippen molar-refractivity contribution in [2.75, 3.05) is 13.1 Å². The molecule has 0 aliphatic heterocycles. The van der Waals surface area contributed by atoms with Crippen molar-refractivity contribution in [3.8, 4) is 0 Å². The fourth-order valence-electron chi connectivity index (χ4n) is 0.919. The van der Waals surface area contributed by atoms with Gasteiger partial charge in [-0.2, -0.15) is 0 Å². The van der Waals surface area contributed by atoms with E-state index in [0.29, 0.717) is 0 Å². The molecule has 0 saturated heterocycles. The van der Waals surface area contributed by atoms with E-state index in [1.807, 2.05) is 5.51 Å². The molecule has 0 unspecified atom stereocenters. The molecule has 0 radical (unpaired) electrons. The van der Waals surface area contributed by atoms with Gasteiger partial charge in [0.1, 0.15) is 0 Å². The summed E-state index contributed by atoms with van der Waals surface area (Å²) in [6.07, 6.45) is 2.11. The molecule has 0 aliphatic carbocycles. The number of nitrogens with one attached hydrogen (secondary N) is 1. The van der Waals surface area contributed by atoms with Gasteiger partial charge in [-0.15, -0.1) is 11.3 Å². The maximum atomic E-state index is 4.18. The molecule has 1 aromatic heterocycles. The normalized spacial score (nSPS) is 12.0. The Hall–Kier alpha value is -0.670. The Kier molecular flexibility index (Phi) is 3.97. The minimum Gasteiger partial charge on any atom is -0.313 e. The average Bonchev–Trinajstić information content (AvgIpc) is 2.53. The van der Waals surface area contributed by atoms with Crippen LogP contribution in [0, 0.1) is 0 Å². The molecule has 1 N–H and O–H groups in total. The van der Waals surface area contributed by atoms with E-state index in [4.69, 9.17) is 0 Å². The molecular formula is C9H14N2S. The molecule has 66 valence electrons. The van der Waals surface area contributed by atoms with Crippen molar-refractivity contribution in [2.24, 2.45) is 0 Å². The van der Waals surface area contributed by atoms with E-state index in [0.717, 1.165) is 18.8 Å². The molecule has 0 amide bonds. The maximum absolute atomic E-state index is 4.18. The first-order valence-electron chi connectivity index (χ1n) is 4.09.